The van der Waals surface area contributed by atoms with Gasteiger partial charge >= 0.3 is 0 Å². The van der Waals surface area contributed by atoms with E-state index in [1.54, 1.807) is 36.5 Å². The number of H-pyrrole nitrogens is 1. The van der Waals surface area contributed by atoms with Gasteiger partial charge in [-0.1, -0.05) is 23.2 Å². The summed E-state index contributed by atoms with van der Waals surface area (Å²) in [4.78, 5) is 14.4. The highest BCUT2D eigenvalue weighted by atomic mass is 35.5. The lowest BCUT2D eigenvalue weighted by Crippen LogP contribution is -2.11. The summed E-state index contributed by atoms with van der Waals surface area (Å²) in [5.74, 6) is 0.341. The summed E-state index contributed by atoms with van der Waals surface area (Å²) in [7, 11) is 0. The molecule has 1 aromatic carbocycles. The lowest BCUT2D eigenvalue weighted by molar-refractivity contribution is 0.0917. The zero-order valence-corrected chi connectivity index (χ0v) is 10.3. The second kappa shape index (κ2) is 5.25. The second-order valence-corrected chi connectivity index (χ2v) is 4.27. The van der Waals surface area contributed by atoms with Crippen LogP contribution in [0.1, 0.15) is 10.5 Å². The Labute approximate surface area is 108 Å². The van der Waals surface area contributed by atoms with E-state index < -0.39 is 0 Å². The van der Waals surface area contributed by atoms with E-state index >= 15 is 0 Å². The van der Waals surface area contributed by atoms with E-state index in [2.05, 4.69) is 4.98 Å². The van der Waals surface area contributed by atoms with E-state index in [-0.39, 0.29) is 12.4 Å². The van der Waals surface area contributed by atoms with Gasteiger partial charge < -0.3 is 9.72 Å². The topological polar surface area (TPSA) is 42.1 Å². The molecule has 0 aliphatic carbocycles. The molecule has 0 aliphatic rings. The first-order chi connectivity index (χ1) is 8.15. The van der Waals surface area contributed by atoms with Crippen molar-refractivity contribution in [2.45, 2.75) is 0 Å². The van der Waals surface area contributed by atoms with Crippen molar-refractivity contribution >= 4 is 29.0 Å². The van der Waals surface area contributed by atoms with Crippen LogP contribution < -0.4 is 4.74 Å². The van der Waals surface area contributed by atoms with Gasteiger partial charge in [-0.15, -0.1) is 0 Å². The molecule has 1 N–H and O–H groups in total. The number of carbonyl (C=O) groups excluding carboxylic acids is 1. The maximum absolute atomic E-state index is 11.6. The highest BCUT2D eigenvalue weighted by Crippen LogP contribution is 2.24. The fraction of sp³-hybridized carbons (Fsp3) is 0.0833. The summed E-state index contributed by atoms with van der Waals surface area (Å²) in [5.41, 5.74) is 0.512. The van der Waals surface area contributed by atoms with Crippen LogP contribution in [0.2, 0.25) is 10.0 Å². The van der Waals surface area contributed by atoms with Crippen molar-refractivity contribution < 1.29 is 9.53 Å². The monoisotopic (exact) mass is 269 g/mol. The van der Waals surface area contributed by atoms with Crippen LogP contribution in [0, 0.1) is 0 Å². The van der Waals surface area contributed by atoms with Crippen LogP contribution in [-0.4, -0.2) is 17.4 Å². The summed E-state index contributed by atoms with van der Waals surface area (Å²) < 4.78 is 5.31. The number of halogens is 2. The number of aromatic nitrogens is 1. The van der Waals surface area contributed by atoms with Gasteiger partial charge in [-0.2, -0.15) is 0 Å². The predicted octanol–water partition coefficient (Wildman–Crippen LogP) is 3.58. The zero-order chi connectivity index (χ0) is 12.3. The molecule has 2 rings (SSSR count). The van der Waals surface area contributed by atoms with E-state index in [1.807, 2.05) is 0 Å². The number of rotatable bonds is 4. The Morgan fingerprint density at radius 2 is 1.94 bits per heavy atom. The summed E-state index contributed by atoms with van der Waals surface area (Å²) in [6.07, 6.45) is 1.68. The second-order valence-electron chi connectivity index (χ2n) is 3.40. The largest absolute Gasteiger partial charge is 0.485 e. The Morgan fingerprint density at radius 3 is 2.53 bits per heavy atom. The average molecular weight is 270 g/mol. The SMILES string of the molecule is O=C(COc1cc(Cl)cc(Cl)c1)c1ccc[nH]1. The van der Waals surface area contributed by atoms with Gasteiger partial charge in [-0.25, -0.2) is 0 Å². The van der Waals surface area contributed by atoms with Crippen molar-refractivity contribution in [2.75, 3.05) is 6.61 Å². The third-order valence-electron chi connectivity index (χ3n) is 2.10. The molecule has 0 atom stereocenters. The molecule has 0 saturated carbocycles. The molecule has 5 heteroatoms. The number of hydrogen-bond donors (Lipinski definition) is 1. The molecule has 0 amide bonds. The number of aromatic amines is 1. The third kappa shape index (κ3) is 3.25. The quantitative estimate of drug-likeness (QED) is 0.863. The molecule has 88 valence electrons. The first-order valence-corrected chi connectivity index (χ1v) is 5.66. The number of ketones is 1. The number of Topliss-reactive ketones (excluding diaryl/α,β-unsaturated/α-hetero) is 1. The standard InChI is InChI=1S/C12H9Cl2NO2/c13-8-4-9(14)6-10(5-8)17-7-12(16)11-2-1-3-15-11/h1-6,15H,7H2. The number of nitrogens with one attached hydrogen (secondary N) is 1. The lowest BCUT2D eigenvalue weighted by Gasteiger charge is -2.05. The van der Waals surface area contributed by atoms with Crippen LogP contribution in [0.4, 0.5) is 0 Å². The van der Waals surface area contributed by atoms with E-state index in [1.165, 1.54) is 0 Å². The molecule has 17 heavy (non-hydrogen) atoms. The zero-order valence-electron chi connectivity index (χ0n) is 8.74. The average Bonchev–Trinajstić information content (AvgIpc) is 2.78. The van der Waals surface area contributed by atoms with Crippen LogP contribution in [0.25, 0.3) is 0 Å². The van der Waals surface area contributed by atoms with E-state index in [4.69, 9.17) is 27.9 Å². The van der Waals surface area contributed by atoms with Gasteiger partial charge in [0, 0.05) is 16.2 Å². The third-order valence-corrected chi connectivity index (χ3v) is 2.54. The summed E-state index contributed by atoms with van der Waals surface area (Å²) in [6, 6.07) is 8.26. The minimum absolute atomic E-state index is 0.0583. The maximum Gasteiger partial charge on any atom is 0.216 e. The number of carbonyl (C=O) groups is 1. The molecule has 0 fully saturated rings. The van der Waals surface area contributed by atoms with Gasteiger partial charge in [-0.3, -0.25) is 4.79 Å². The van der Waals surface area contributed by atoms with Crippen LogP contribution in [0.3, 0.4) is 0 Å². The lowest BCUT2D eigenvalue weighted by atomic mass is 10.3. The Hall–Kier alpha value is -1.45. The van der Waals surface area contributed by atoms with Gasteiger partial charge in [-0.05, 0) is 30.3 Å². The molecule has 0 bridgehead atoms. The van der Waals surface area contributed by atoms with Crippen LogP contribution in [0.15, 0.2) is 36.5 Å². The molecular weight excluding hydrogens is 261 g/mol. The molecule has 0 saturated heterocycles. The number of hydrogen-bond acceptors (Lipinski definition) is 2. The number of ether oxygens (including phenoxy) is 1. The molecular formula is C12H9Cl2NO2. The van der Waals surface area contributed by atoms with Gasteiger partial charge in [0.2, 0.25) is 5.78 Å². The Bertz CT molecular complexity index is 503. The Kier molecular flexibility index (Phi) is 3.71. The fourth-order valence-corrected chi connectivity index (χ4v) is 1.85. The molecule has 2 aromatic rings. The van der Waals surface area contributed by atoms with Crippen molar-refractivity contribution in [3.8, 4) is 5.75 Å². The van der Waals surface area contributed by atoms with Gasteiger partial charge in [0.25, 0.3) is 0 Å². The number of benzene rings is 1. The van der Waals surface area contributed by atoms with Crippen molar-refractivity contribution in [3.05, 3.63) is 52.3 Å². The summed E-state index contributed by atoms with van der Waals surface area (Å²) >= 11 is 11.6. The fourth-order valence-electron chi connectivity index (χ4n) is 1.34. The molecule has 0 spiro atoms. The van der Waals surface area contributed by atoms with Gasteiger partial charge in [0.05, 0.1) is 5.69 Å². The minimum Gasteiger partial charge on any atom is -0.485 e. The summed E-state index contributed by atoms with van der Waals surface area (Å²) in [6.45, 7) is -0.0583. The summed E-state index contributed by atoms with van der Waals surface area (Å²) in [5, 5.41) is 0.944. The van der Waals surface area contributed by atoms with Crippen LogP contribution in [0.5, 0.6) is 5.75 Å². The molecule has 3 nitrogen and oxygen atoms in total. The van der Waals surface area contributed by atoms with Crippen LogP contribution >= 0.6 is 23.2 Å². The molecule has 1 aromatic heterocycles. The molecule has 0 aliphatic heterocycles. The highest BCUT2D eigenvalue weighted by molar-refractivity contribution is 6.34. The maximum atomic E-state index is 11.6. The first-order valence-electron chi connectivity index (χ1n) is 4.90. The molecule has 0 radical (unpaired) electrons. The van der Waals surface area contributed by atoms with E-state index in [0.717, 1.165) is 0 Å². The van der Waals surface area contributed by atoms with Crippen LogP contribution in [-0.2, 0) is 0 Å². The smallest absolute Gasteiger partial charge is 0.216 e. The molecule has 0 unspecified atom stereocenters. The van der Waals surface area contributed by atoms with Crippen molar-refractivity contribution in [3.63, 3.8) is 0 Å². The van der Waals surface area contributed by atoms with E-state index in [0.29, 0.717) is 21.5 Å². The first kappa shape index (κ1) is 12.0. The van der Waals surface area contributed by atoms with Gasteiger partial charge in [0.15, 0.2) is 6.61 Å². The Balaban J connectivity index is 2.00. The predicted molar refractivity (Wildman–Crippen MR) is 67.1 cm³/mol. The van der Waals surface area contributed by atoms with Crippen molar-refractivity contribution in [2.24, 2.45) is 0 Å². The Morgan fingerprint density at radius 1 is 1.24 bits per heavy atom. The van der Waals surface area contributed by atoms with Crippen molar-refractivity contribution in [1.29, 1.82) is 0 Å². The van der Waals surface area contributed by atoms with Gasteiger partial charge in [0.1, 0.15) is 5.75 Å². The normalized spacial score (nSPS) is 10.2. The molecule has 1 heterocycles. The minimum atomic E-state index is -0.133. The van der Waals surface area contributed by atoms with E-state index in [9.17, 15) is 4.79 Å². The highest BCUT2D eigenvalue weighted by Gasteiger charge is 2.07. The van der Waals surface area contributed by atoms with Crippen molar-refractivity contribution in [1.82, 2.24) is 4.98 Å².